The molecule has 3 aromatic rings. The van der Waals surface area contributed by atoms with E-state index in [1.807, 2.05) is 30.3 Å². The van der Waals surface area contributed by atoms with Crippen molar-refractivity contribution in [2.24, 2.45) is 0 Å². The first-order chi connectivity index (χ1) is 10.1. The number of hydrogen-bond donors (Lipinski definition) is 1. The van der Waals surface area contributed by atoms with Crippen LogP contribution in [0.15, 0.2) is 59.1 Å². The highest BCUT2D eigenvalue weighted by atomic mass is 79.9. The second-order valence-electron chi connectivity index (χ2n) is 4.76. The fourth-order valence-corrected chi connectivity index (χ4v) is 2.83. The van der Waals surface area contributed by atoms with E-state index in [4.69, 9.17) is 11.6 Å². The smallest absolute Gasteiger partial charge is 0.129 e. The molecule has 0 bridgehead atoms. The van der Waals surface area contributed by atoms with Gasteiger partial charge in [0.25, 0.3) is 0 Å². The highest BCUT2D eigenvalue weighted by Crippen LogP contribution is 2.24. The van der Waals surface area contributed by atoms with Crippen LogP contribution in [0, 0.1) is 5.82 Å². The first kappa shape index (κ1) is 14.4. The second kappa shape index (κ2) is 6.04. The van der Waals surface area contributed by atoms with E-state index in [1.54, 1.807) is 12.1 Å². The summed E-state index contributed by atoms with van der Waals surface area (Å²) in [6.45, 7) is 0.355. The normalized spacial score (nSPS) is 10.8. The Morgan fingerprint density at radius 3 is 2.57 bits per heavy atom. The van der Waals surface area contributed by atoms with E-state index in [9.17, 15) is 4.39 Å². The van der Waals surface area contributed by atoms with Crippen LogP contribution in [0.4, 0.5) is 10.1 Å². The average Bonchev–Trinajstić information content (AvgIpc) is 2.47. The van der Waals surface area contributed by atoms with Crippen molar-refractivity contribution in [3.63, 3.8) is 0 Å². The van der Waals surface area contributed by atoms with E-state index >= 15 is 0 Å². The highest BCUT2D eigenvalue weighted by Gasteiger charge is 2.06. The van der Waals surface area contributed by atoms with Gasteiger partial charge in [-0.1, -0.05) is 45.7 Å². The second-order valence-corrected chi connectivity index (χ2v) is 6.08. The van der Waals surface area contributed by atoms with Gasteiger partial charge in [0.05, 0.1) is 0 Å². The minimum atomic E-state index is -0.292. The summed E-state index contributed by atoms with van der Waals surface area (Å²) in [6.07, 6.45) is 0. The van der Waals surface area contributed by atoms with Crippen LogP contribution in [0.1, 0.15) is 5.56 Å². The van der Waals surface area contributed by atoms with Gasteiger partial charge in [-0.3, -0.25) is 0 Å². The minimum Gasteiger partial charge on any atom is -0.381 e. The Bertz CT molecular complexity index is 784. The minimum absolute atomic E-state index is 0.292. The van der Waals surface area contributed by atoms with Gasteiger partial charge in [0.2, 0.25) is 0 Å². The summed E-state index contributed by atoms with van der Waals surface area (Å²) in [4.78, 5) is 0. The Balaban J connectivity index is 1.84. The van der Waals surface area contributed by atoms with E-state index in [-0.39, 0.29) is 5.82 Å². The Kier molecular flexibility index (Phi) is 4.13. The van der Waals surface area contributed by atoms with E-state index < -0.39 is 0 Å². The van der Waals surface area contributed by atoms with Crippen molar-refractivity contribution in [3.05, 3.63) is 75.5 Å². The molecule has 3 aromatic carbocycles. The third-order valence-corrected chi connectivity index (χ3v) is 4.18. The van der Waals surface area contributed by atoms with Crippen molar-refractivity contribution in [1.29, 1.82) is 0 Å². The molecule has 1 N–H and O–H groups in total. The van der Waals surface area contributed by atoms with Crippen molar-refractivity contribution in [1.82, 2.24) is 0 Å². The van der Waals surface area contributed by atoms with E-state index in [2.05, 4.69) is 27.3 Å². The predicted molar refractivity (Wildman–Crippen MR) is 90.4 cm³/mol. The molecule has 4 heteroatoms. The fraction of sp³-hybridized carbons (Fsp3) is 0.0588. The molecule has 0 fully saturated rings. The molecule has 0 aliphatic rings. The summed E-state index contributed by atoms with van der Waals surface area (Å²) in [5.41, 5.74) is 1.42. The molecule has 0 heterocycles. The maximum Gasteiger partial charge on any atom is 0.129 e. The Morgan fingerprint density at radius 1 is 1.00 bits per heavy atom. The number of hydrogen-bond acceptors (Lipinski definition) is 1. The number of halogens is 3. The lowest BCUT2D eigenvalue weighted by Gasteiger charge is -2.10. The number of anilines is 1. The maximum absolute atomic E-state index is 13.7. The van der Waals surface area contributed by atoms with Crippen LogP contribution in [0.3, 0.4) is 0 Å². The molecule has 0 aromatic heterocycles. The molecule has 0 radical (unpaired) electrons. The van der Waals surface area contributed by atoms with Crippen molar-refractivity contribution in [2.45, 2.75) is 6.54 Å². The standard InChI is InChI=1S/C17H12BrClFN/c18-13-6-4-12-9-14(7-5-11(12)8-13)21-10-15-16(19)2-1-3-17(15)20/h1-9,21H,10H2. The van der Waals surface area contributed by atoms with Gasteiger partial charge in [-0.2, -0.15) is 0 Å². The summed E-state index contributed by atoms with van der Waals surface area (Å²) < 4.78 is 14.8. The van der Waals surface area contributed by atoms with Gasteiger partial charge in [-0.25, -0.2) is 4.39 Å². The van der Waals surface area contributed by atoms with Crippen LogP contribution < -0.4 is 5.32 Å². The number of rotatable bonds is 3. The Hall–Kier alpha value is -1.58. The van der Waals surface area contributed by atoms with Crippen LogP contribution in [-0.4, -0.2) is 0 Å². The molecule has 0 spiro atoms. The van der Waals surface area contributed by atoms with E-state index in [0.717, 1.165) is 20.9 Å². The van der Waals surface area contributed by atoms with Gasteiger partial charge in [0.1, 0.15) is 5.82 Å². The molecule has 0 aliphatic carbocycles. The van der Waals surface area contributed by atoms with Crippen molar-refractivity contribution >= 4 is 44.0 Å². The first-order valence-corrected chi connectivity index (χ1v) is 7.67. The zero-order chi connectivity index (χ0) is 14.8. The molecule has 3 rings (SSSR count). The highest BCUT2D eigenvalue weighted by molar-refractivity contribution is 9.10. The molecule has 0 unspecified atom stereocenters. The van der Waals surface area contributed by atoms with Crippen LogP contribution in [0.5, 0.6) is 0 Å². The van der Waals surface area contributed by atoms with Crippen LogP contribution in [0.2, 0.25) is 5.02 Å². The molecule has 0 saturated carbocycles. The van der Waals surface area contributed by atoms with Crippen LogP contribution in [-0.2, 0) is 6.54 Å². The fourth-order valence-electron chi connectivity index (χ4n) is 2.22. The maximum atomic E-state index is 13.7. The first-order valence-electron chi connectivity index (χ1n) is 6.49. The third-order valence-electron chi connectivity index (χ3n) is 3.33. The lowest BCUT2D eigenvalue weighted by atomic mass is 10.1. The van der Waals surface area contributed by atoms with Crippen LogP contribution in [0.25, 0.3) is 10.8 Å². The summed E-state index contributed by atoms with van der Waals surface area (Å²) >= 11 is 9.48. The molecule has 0 amide bonds. The molecule has 0 aliphatic heterocycles. The van der Waals surface area contributed by atoms with E-state index in [0.29, 0.717) is 17.1 Å². The van der Waals surface area contributed by atoms with Gasteiger partial charge in [0, 0.05) is 27.3 Å². The summed E-state index contributed by atoms with van der Waals surface area (Å²) in [7, 11) is 0. The number of benzene rings is 3. The quantitative estimate of drug-likeness (QED) is 0.600. The SMILES string of the molecule is Fc1cccc(Cl)c1CNc1ccc2cc(Br)ccc2c1. The van der Waals surface area contributed by atoms with E-state index in [1.165, 1.54) is 6.07 Å². The largest absolute Gasteiger partial charge is 0.381 e. The third kappa shape index (κ3) is 3.20. The molecule has 21 heavy (non-hydrogen) atoms. The monoisotopic (exact) mass is 363 g/mol. The van der Waals surface area contributed by atoms with Gasteiger partial charge < -0.3 is 5.32 Å². The summed E-state index contributed by atoms with van der Waals surface area (Å²) in [6, 6.07) is 16.9. The van der Waals surface area contributed by atoms with Crippen molar-refractivity contribution in [3.8, 4) is 0 Å². The Labute approximate surface area is 135 Å². The summed E-state index contributed by atoms with van der Waals surface area (Å²) in [5, 5.41) is 5.93. The topological polar surface area (TPSA) is 12.0 Å². The predicted octanol–water partition coefficient (Wildman–Crippen LogP) is 6.01. The van der Waals surface area contributed by atoms with Crippen molar-refractivity contribution in [2.75, 3.05) is 5.32 Å². The zero-order valence-electron chi connectivity index (χ0n) is 11.0. The molecule has 0 atom stereocenters. The van der Waals surface area contributed by atoms with Gasteiger partial charge in [0.15, 0.2) is 0 Å². The van der Waals surface area contributed by atoms with Gasteiger partial charge in [-0.15, -0.1) is 0 Å². The lowest BCUT2D eigenvalue weighted by Crippen LogP contribution is -2.02. The lowest BCUT2D eigenvalue weighted by molar-refractivity contribution is 0.613. The molecule has 1 nitrogen and oxygen atoms in total. The number of fused-ring (bicyclic) bond motifs is 1. The average molecular weight is 365 g/mol. The Morgan fingerprint density at radius 2 is 1.76 bits per heavy atom. The molecule has 106 valence electrons. The van der Waals surface area contributed by atoms with Gasteiger partial charge >= 0.3 is 0 Å². The molecule has 0 saturated heterocycles. The van der Waals surface area contributed by atoms with Crippen LogP contribution >= 0.6 is 27.5 Å². The molecular formula is C17H12BrClFN. The molecular weight excluding hydrogens is 353 g/mol. The number of nitrogens with one attached hydrogen (secondary N) is 1. The summed E-state index contributed by atoms with van der Waals surface area (Å²) in [5.74, 6) is -0.292. The zero-order valence-corrected chi connectivity index (χ0v) is 13.4. The van der Waals surface area contributed by atoms with Gasteiger partial charge in [-0.05, 0) is 47.2 Å². The van der Waals surface area contributed by atoms with Crippen molar-refractivity contribution < 1.29 is 4.39 Å².